The highest BCUT2D eigenvalue weighted by Crippen LogP contribution is 2.27. The first-order valence-electron chi connectivity index (χ1n) is 31.6. The van der Waals surface area contributed by atoms with Gasteiger partial charge in [-0.3, -0.25) is 0 Å². The lowest BCUT2D eigenvalue weighted by Crippen LogP contribution is -3.00. The number of aliphatic hydroxyl groups excluding tert-OH is 3. The van der Waals surface area contributed by atoms with Crippen molar-refractivity contribution in [2.75, 3.05) is 141 Å². The largest absolute Gasteiger partial charge is 1.00 e. The van der Waals surface area contributed by atoms with Crippen molar-refractivity contribution in [3.63, 3.8) is 0 Å². The van der Waals surface area contributed by atoms with Gasteiger partial charge >= 0.3 is 17.6 Å². The zero-order valence-electron chi connectivity index (χ0n) is 52.3. The molecule has 19 heteroatoms. The van der Waals surface area contributed by atoms with Crippen LogP contribution in [0.15, 0.2) is 0 Å². The average Bonchev–Trinajstić information content (AvgIpc) is 3.60. The Morgan fingerprint density at radius 1 is 0.392 bits per heavy atom. The van der Waals surface area contributed by atoms with E-state index in [1.165, 1.54) is 219 Å². The number of fused-ring (bicyclic) bond motifs is 3. The van der Waals surface area contributed by atoms with Crippen molar-refractivity contribution < 1.29 is 111 Å². The molecule has 2 aliphatic rings. The molecule has 0 saturated carbocycles. The second kappa shape index (κ2) is 58.1. The molecule has 0 unspecified atom stereocenters. The van der Waals surface area contributed by atoms with Crippen molar-refractivity contribution in [2.45, 2.75) is 252 Å². The maximum absolute atomic E-state index is 9.08. The fraction of sp³-hybridized carbons (Fsp3) is 1.00. The molecule has 0 aromatic carbocycles. The second-order valence-electron chi connectivity index (χ2n) is 25.0. The van der Waals surface area contributed by atoms with Gasteiger partial charge in [-0.15, -0.1) is 0 Å². The summed E-state index contributed by atoms with van der Waals surface area (Å²) in [6.07, 6.45) is 47.2. The molecule has 2 heterocycles. The third-order valence-electron chi connectivity index (χ3n) is 16.2. The molecule has 79 heavy (non-hydrogen) atoms. The minimum Gasteiger partial charge on any atom is -1.00 e. The fourth-order valence-electron chi connectivity index (χ4n) is 10.6. The van der Waals surface area contributed by atoms with Crippen molar-refractivity contribution in [3.8, 4) is 0 Å². The normalized spacial score (nSPS) is 17.2. The number of halogens is 4. The lowest BCUT2D eigenvalue weighted by atomic mass is 10.0. The van der Waals surface area contributed by atoms with Crippen LogP contribution in [0.4, 0.5) is 0 Å². The molecule has 486 valence electrons. The third kappa shape index (κ3) is 57.9. The predicted octanol–water partition coefficient (Wildman–Crippen LogP) is -0.173. The summed E-state index contributed by atoms with van der Waals surface area (Å²) in [7, 11) is 7.06. The molecule has 0 atom stereocenters. The highest BCUT2D eigenvalue weighted by atomic mass is 35.5. The number of hydrogen-bond donors (Lipinski definition) is 6. The highest BCUT2D eigenvalue weighted by molar-refractivity contribution is 6.60. The highest BCUT2D eigenvalue weighted by Gasteiger charge is 2.49. The average molecular weight is 1260 g/mol. The van der Waals surface area contributed by atoms with Crippen LogP contribution in [0.1, 0.15) is 240 Å². The van der Waals surface area contributed by atoms with Crippen LogP contribution in [0.5, 0.6) is 0 Å². The SMILES string of the molecule is C.CCCCCCCCCCCCCCCCCC[N+](C)(C)CCC[Si](O)(O)O.CCCCCCCCCCCCCCCCCC[N+](C)(C)CCC[Si]12OCC[N+](C)(CCO1)CO2.C[N+](CCO)(CCO)CCO.[Cl-].[Cl-].[Cl-].[Cl-]. The van der Waals surface area contributed by atoms with Crippen LogP contribution >= 0.6 is 0 Å². The molecule has 0 spiro atoms. The Kier molecular flexibility index (Phi) is 67.1. The Morgan fingerprint density at radius 2 is 0.658 bits per heavy atom. The molecular formula is C60H136Cl4N4O9Si2. The van der Waals surface area contributed by atoms with Gasteiger partial charge in [-0.05, 0) is 25.7 Å². The minimum absolute atomic E-state index is 0. The van der Waals surface area contributed by atoms with Gasteiger partial charge in [-0.1, -0.05) is 201 Å². The summed E-state index contributed by atoms with van der Waals surface area (Å²) in [5.41, 5.74) is 0. The smallest absolute Gasteiger partial charge is 0.505 e. The predicted molar refractivity (Wildman–Crippen MR) is 322 cm³/mol. The first-order chi connectivity index (χ1) is 35.3. The number of unbranched alkanes of at least 4 members (excludes halogenated alkanes) is 30. The lowest BCUT2D eigenvalue weighted by molar-refractivity contribution is -0.922. The number of quaternary nitrogens is 4. The van der Waals surface area contributed by atoms with Crippen molar-refractivity contribution in [2.24, 2.45) is 0 Å². The molecule has 0 aromatic heterocycles. The molecule has 2 aliphatic heterocycles. The summed E-state index contributed by atoms with van der Waals surface area (Å²) in [5.74, 6) is 0. The Balaban J connectivity index is -0.000000273. The van der Waals surface area contributed by atoms with E-state index in [2.05, 4.69) is 49.1 Å². The second-order valence-corrected chi connectivity index (χ2v) is 29.8. The molecule has 0 radical (unpaired) electrons. The van der Waals surface area contributed by atoms with E-state index in [0.717, 1.165) is 72.0 Å². The van der Waals surface area contributed by atoms with E-state index in [-0.39, 0.29) is 82.9 Å². The van der Waals surface area contributed by atoms with Gasteiger partial charge in [-0.25, -0.2) is 0 Å². The van der Waals surface area contributed by atoms with Crippen molar-refractivity contribution >= 4 is 17.6 Å². The van der Waals surface area contributed by atoms with Crippen molar-refractivity contribution in [3.05, 3.63) is 0 Å². The molecule has 0 aromatic rings. The summed E-state index contributed by atoms with van der Waals surface area (Å²) in [5, 5.41) is 26.0. The van der Waals surface area contributed by atoms with Gasteiger partial charge in [0.2, 0.25) is 0 Å². The zero-order chi connectivity index (χ0) is 55.2. The number of hydrogen-bond acceptors (Lipinski definition) is 9. The molecule has 2 fully saturated rings. The molecule has 0 aliphatic carbocycles. The van der Waals surface area contributed by atoms with Crippen LogP contribution < -0.4 is 49.6 Å². The van der Waals surface area contributed by atoms with Crippen LogP contribution in [0.3, 0.4) is 0 Å². The third-order valence-corrected chi connectivity index (χ3v) is 20.0. The number of likely N-dealkylation sites (N-methyl/N-ethyl adjacent to an activating group) is 2. The van der Waals surface area contributed by atoms with Gasteiger partial charge in [-0.2, -0.15) is 0 Å². The topological polar surface area (TPSA) is 149 Å². The summed E-state index contributed by atoms with van der Waals surface area (Å²) < 4.78 is 22.2. The molecular weight excluding hydrogens is 1120 g/mol. The van der Waals surface area contributed by atoms with E-state index in [1.807, 2.05) is 7.05 Å². The Labute approximate surface area is 517 Å². The van der Waals surface area contributed by atoms with Crippen molar-refractivity contribution in [1.82, 2.24) is 0 Å². The fourth-order valence-corrected chi connectivity index (χ4v) is 13.8. The van der Waals surface area contributed by atoms with E-state index in [0.29, 0.717) is 30.5 Å². The first-order valence-corrected chi connectivity index (χ1v) is 35.5. The van der Waals surface area contributed by atoms with Gasteiger partial charge < -0.3 is 111 Å². The van der Waals surface area contributed by atoms with Gasteiger partial charge in [0.05, 0.1) is 101 Å². The Hall–Kier alpha value is 1.07. The van der Waals surface area contributed by atoms with E-state index < -0.39 is 17.6 Å². The number of nitrogens with zero attached hydrogens (tertiary/aromatic N) is 4. The van der Waals surface area contributed by atoms with Crippen LogP contribution in [-0.4, -0.2) is 206 Å². The minimum atomic E-state index is -3.84. The van der Waals surface area contributed by atoms with Gasteiger partial charge in [0, 0.05) is 24.9 Å². The van der Waals surface area contributed by atoms with E-state index in [1.54, 1.807) is 0 Å². The summed E-state index contributed by atoms with van der Waals surface area (Å²) >= 11 is 0. The molecule has 2 rings (SSSR count). The van der Waals surface area contributed by atoms with Crippen LogP contribution in [-0.2, 0) is 13.3 Å². The quantitative estimate of drug-likeness (QED) is 0.0278. The standard InChI is InChI=1S/C29H62N2O3Si.C23H52NO3Si.C7H18NO3.CH4.4ClH/c1-5-6-7-8-9-10-11-12-13-14-15-16-17-18-19-20-22-30(2,3)23-21-28-35-32-26-24-31(4,29-34-35)25-27-33-35;1-4-5-6-7-8-9-10-11-12-13-14-15-16-17-18-19-21-24(2,3)22-20-23-28(25,26)27;1-8(2-5-9,3-6-10)4-7-11;;;;;/h5-29H2,1-4H3;25-27H,4-23H2,1-3H3;9-11H,2-7H2,1H3;1H4;4*1H/q+2;2*+1;;;;;/p-4. The van der Waals surface area contributed by atoms with Gasteiger partial charge in [0.25, 0.3) is 0 Å². The van der Waals surface area contributed by atoms with Gasteiger partial charge in [0.1, 0.15) is 32.7 Å². The van der Waals surface area contributed by atoms with Crippen LogP contribution in [0.25, 0.3) is 0 Å². The summed E-state index contributed by atoms with van der Waals surface area (Å²) in [4.78, 5) is 27.2. The molecule has 2 saturated heterocycles. The first kappa shape index (κ1) is 91.2. The maximum atomic E-state index is 9.08. The number of rotatable bonds is 48. The van der Waals surface area contributed by atoms with Crippen LogP contribution in [0.2, 0.25) is 12.1 Å². The number of aliphatic hydroxyl groups is 3. The monoisotopic (exact) mass is 1250 g/mol. The molecule has 2 bridgehead atoms. The van der Waals surface area contributed by atoms with Crippen LogP contribution in [0, 0.1) is 0 Å². The lowest BCUT2D eigenvalue weighted by Gasteiger charge is -2.32. The summed E-state index contributed by atoms with van der Waals surface area (Å²) in [6.45, 7) is 15.6. The summed E-state index contributed by atoms with van der Waals surface area (Å²) in [6, 6.07) is 1.14. The zero-order valence-corrected chi connectivity index (χ0v) is 57.3. The maximum Gasteiger partial charge on any atom is 0.505 e. The van der Waals surface area contributed by atoms with E-state index >= 15 is 0 Å². The Morgan fingerprint density at radius 3 is 0.937 bits per heavy atom. The Bertz CT molecular complexity index is 1220. The van der Waals surface area contributed by atoms with Crippen molar-refractivity contribution in [1.29, 1.82) is 0 Å². The molecule has 6 N–H and O–H groups in total. The van der Waals surface area contributed by atoms with Gasteiger partial charge in [0.15, 0.2) is 6.73 Å². The molecule has 0 amide bonds. The van der Waals surface area contributed by atoms with E-state index in [9.17, 15) is 0 Å². The molecule has 13 nitrogen and oxygen atoms in total. The van der Waals surface area contributed by atoms with E-state index in [4.69, 9.17) is 43.0 Å².